The Morgan fingerprint density at radius 1 is 1.92 bits per heavy atom. The predicted molar refractivity (Wildman–Crippen MR) is 42.9 cm³/mol. The molecule has 1 unspecified atom stereocenters. The highest BCUT2D eigenvalue weighted by Crippen LogP contribution is 1.85. The molecule has 0 spiro atoms. The molecule has 0 saturated heterocycles. The lowest BCUT2D eigenvalue weighted by molar-refractivity contribution is -0.138. The van der Waals surface area contributed by atoms with Gasteiger partial charge in [0.2, 0.25) is 0 Å². The number of halogens is 1. The Labute approximate surface area is 77.6 Å². The zero-order valence-electron chi connectivity index (χ0n) is 7.97. The van der Waals surface area contributed by atoms with Crippen molar-refractivity contribution in [2.24, 2.45) is 5.73 Å². The lowest BCUT2D eigenvalue weighted by Crippen LogP contribution is -2.34. The first-order valence-corrected chi connectivity index (χ1v) is 2.87. The fourth-order valence-corrected chi connectivity index (χ4v) is 0.525. The molecule has 0 bridgehead atoms. The van der Waals surface area contributed by atoms with E-state index >= 15 is 0 Å². The van der Waals surface area contributed by atoms with Crippen molar-refractivity contribution in [2.75, 3.05) is 0 Å². The van der Waals surface area contributed by atoms with Gasteiger partial charge in [-0.15, -0.1) is 12.4 Å². The fraction of sp³-hybridized carbons (Fsp3) is 0.400. The van der Waals surface area contributed by atoms with Gasteiger partial charge in [0.25, 0.3) is 0 Å². The third-order valence-corrected chi connectivity index (χ3v) is 1.07. The second kappa shape index (κ2) is 4.68. The highest BCUT2D eigenvalue weighted by atomic mass is 35.5. The van der Waals surface area contributed by atoms with Crippen LogP contribution in [0.1, 0.15) is 2.74 Å². The van der Waals surface area contributed by atoms with E-state index in [4.69, 9.17) is 13.6 Å². The maximum Gasteiger partial charge on any atom is 0.322 e. The van der Waals surface area contributed by atoms with E-state index in [0.717, 1.165) is 4.68 Å². The van der Waals surface area contributed by atoms with Crippen LogP contribution in [0.3, 0.4) is 0 Å². The molecular formula is C5H9ClN4O2. The minimum absolute atomic E-state index is 0. The molecule has 1 heterocycles. The highest BCUT2D eigenvalue weighted by molar-refractivity contribution is 5.85. The average molecular weight is 196 g/mol. The maximum atomic E-state index is 10.3. The van der Waals surface area contributed by atoms with Crippen LogP contribution >= 0.6 is 12.4 Å². The monoisotopic (exact) mass is 195 g/mol. The molecule has 0 radical (unpaired) electrons. The Morgan fingerprint density at radius 3 is 3.00 bits per heavy atom. The first-order chi connectivity index (χ1) is 6.00. The Morgan fingerprint density at radius 2 is 2.58 bits per heavy atom. The van der Waals surface area contributed by atoms with E-state index in [1.165, 1.54) is 0 Å². The van der Waals surface area contributed by atoms with Crippen LogP contribution in [0, 0.1) is 0 Å². The second-order valence-electron chi connectivity index (χ2n) is 1.94. The summed E-state index contributed by atoms with van der Waals surface area (Å²) in [5.41, 5.74) is 5.19. The molecule has 3 N–H and O–H groups in total. The smallest absolute Gasteiger partial charge is 0.322 e. The van der Waals surface area contributed by atoms with Gasteiger partial charge in [0.1, 0.15) is 21.4 Å². The normalized spacial score (nSPS) is 14.1. The Hall–Kier alpha value is -1.14. The summed E-state index contributed by atoms with van der Waals surface area (Å²) in [6.45, 7) is -0.153. The van der Waals surface area contributed by atoms with Gasteiger partial charge in [-0.25, -0.2) is 4.98 Å². The van der Waals surface area contributed by atoms with Crippen molar-refractivity contribution in [1.29, 1.82) is 0 Å². The molecule has 0 saturated carbocycles. The molecule has 0 fully saturated rings. The van der Waals surface area contributed by atoms with Crippen LogP contribution in [0.2, 0.25) is 0 Å². The second-order valence-corrected chi connectivity index (χ2v) is 1.94. The van der Waals surface area contributed by atoms with E-state index in [9.17, 15) is 4.79 Å². The molecule has 0 aromatic carbocycles. The summed E-state index contributed by atoms with van der Waals surface area (Å²) in [5, 5.41) is 11.9. The van der Waals surface area contributed by atoms with Crippen LogP contribution in [0.4, 0.5) is 0 Å². The molecule has 0 aliphatic carbocycles. The number of aliphatic carboxylic acids is 1. The molecule has 68 valence electrons. The van der Waals surface area contributed by atoms with Crippen LogP contribution in [-0.4, -0.2) is 31.9 Å². The predicted octanol–water partition coefficient (Wildman–Crippen LogP) is -0.888. The van der Waals surface area contributed by atoms with Gasteiger partial charge in [-0.1, -0.05) is 0 Å². The summed E-state index contributed by atoms with van der Waals surface area (Å²) in [7, 11) is 0. The molecular weight excluding hydrogens is 185 g/mol. The molecule has 1 rings (SSSR count). The van der Waals surface area contributed by atoms with Crippen molar-refractivity contribution < 1.29 is 12.6 Å². The maximum absolute atomic E-state index is 10.3. The molecule has 12 heavy (non-hydrogen) atoms. The lowest BCUT2D eigenvalue weighted by Gasteiger charge is -2.04. The SMILES string of the molecule is Cl.[2H]c1nc([2H])n(CC([15NH2])C(=O)O)n1. The molecule has 7 heteroatoms. The fourth-order valence-electron chi connectivity index (χ4n) is 0.525. The number of carboxylic acids is 1. The summed E-state index contributed by atoms with van der Waals surface area (Å²) in [6.07, 6.45) is -0.579. The van der Waals surface area contributed by atoms with Crippen LogP contribution in [0.5, 0.6) is 0 Å². The van der Waals surface area contributed by atoms with Gasteiger partial charge < -0.3 is 10.8 Å². The van der Waals surface area contributed by atoms with E-state index in [-0.39, 0.29) is 31.6 Å². The van der Waals surface area contributed by atoms with Crippen molar-refractivity contribution in [3.8, 4) is 0 Å². The van der Waals surface area contributed by atoms with Crippen LogP contribution in [0.25, 0.3) is 0 Å². The largest absolute Gasteiger partial charge is 0.480 e. The summed E-state index contributed by atoms with van der Waals surface area (Å²) in [5.74, 6) is -1.18. The Bertz CT molecular complexity index is 332. The van der Waals surface area contributed by atoms with Gasteiger partial charge in [0.15, 0.2) is 0 Å². The zero-order chi connectivity index (χ0) is 10.0. The van der Waals surface area contributed by atoms with Gasteiger partial charge in [-0.2, -0.15) is 5.10 Å². The molecule has 0 aliphatic heterocycles. The molecule has 0 amide bonds. The molecule has 1 atom stereocenters. The number of nitrogens with two attached hydrogens (primary N) is 1. The first-order valence-electron chi connectivity index (χ1n) is 3.87. The Balaban J connectivity index is 0.00000169. The van der Waals surface area contributed by atoms with Crippen molar-refractivity contribution in [3.63, 3.8) is 0 Å². The number of carbonyl (C=O) groups is 1. The van der Waals surface area contributed by atoms with Crippen LogP contribution in [-0.2, 0) is 11.3 Å². The minimum Gasteiger partial charge on any atom is -0.480 e. The number of rotatable bonds is 3. The number of hydrogen-bond donors (Lipinski definition) is 2. The molecule has 1 aromatic rings. The highest BCUT2D eigenvalue weighted by Gasteiger charge is 2.11. The van der Waals surface area contributed by atoms with E-state index < -0.39 is 12.0 Å². The minimum atomic E-state index is -1.18. The number of carboxylic acid groups (broad SMARTS) is 1. The topological polar surface area (TPSA) is 94.0 Å². The Kier molecular flexibility index (Phi) is 2.93. The van der Waals surface area contributed by atoms with Gasteiger partial charge in [0.05, 0.1) is 6.54 Å². The van der Waals surface area contributed by atoms with E-state index in [0.29, 0.717) is 0 Å². The van der Waals surface area contributed by atoms with E-state index in [2.05, 4.69) is 10.1 Å². The number of aromatic nitrogens is 3. The molecule has 0 aliphatic rings. The number of nitrogens with zero attached hydrogens (tertiary/aromatic N) is 3. The van der Waals surface area contributed by atoms with Gasteiger partial charge in [0, 0.05) is 0 Å². The summed E-state index contributed by atoms with van der Waals surface area (Å²) >= 11 is 0. The average Bonchev–Trinajstić information content (AvgIpc) is 2.30. The standard InChI is InChI=1S/C5H8N4O2.ClH/c6-4(5(10)11)1-9-3-7-2-8-9;/h2-4H,1,6H2,(H,10,11);1H/i2D,3D,6+1;. The van der Waals surface area contributed by atoms with E-state index in [1.807, 2.05) is 0 Å². The van der Waals surface area contributed by atoms with Gasteiger partial charge >= 0.3 is 5.97 Å². The van der Waals surface area contributed by atoms with Crippen molar-refractivity contribution >= 4 is 18.4 Å². The third-order valence-electron chi connectivity index (χ3n) is 1.07. The van der Waals surface area contributed by atoms with Crippen molar-refractivity contribution in [2.45, 2.75) is 12.6 Å². The quantitative estimate of drug-likeness (QED) is 0.611. The van der Waals surface area contributed by atoms with E-state index in [1.54, 1.807) is 0 Å². The first kappa shape index (κ1) is 7.51. The summed E-state index contributed by atoms with van der Waals surface area (Å²) < 4.78 is 15.1. The molecule has 1 aromatic heterocycles. The summed E-state index contributed by atoms with van der Waals surface area (Å²) in [4.78, 5) is 13.7. The zero-order valence-corrected chi connectivity index (χ0v) is 6.78. The molecule has 6 nitrogen and oxygen atoms in total. The summed E-state index contributed by atoms with van der Waals surface area (Å²) in [6, 6.07) is -1.13. The van der Waals surface area contributed by atoms with Gasteiger partial charge in [-0.05, 0) is 0 Å². The number of hydrogen-bond acceptors (Lipinski definition) is 4. The lowest BCUT2D eigenvalue weighted by atomic mass is 10.3. The van der Waals surface area contributed by atoms with Crippen LogP contribution < -0.4 is 5.73 Å². The van der Waals surface area contributed by atoms with Crippen molar-refractivity contribution in [3.05, 3.63) is 12.6 Å². The van der Waals surface area contributed by atoms with Gasteiger partial charge in [-0.3, -0.25) is 9.48 Å². The van der Waals surface area contributed by atoms with Crippen LogP contribution in [0.15, 0.2) is 12.6 Å². The third kappa shape index (κ3) is 2.85. The van der Waals surface area contributed by atoms with Crippen molar-refractivity contribution in [1.82, 2.24) is 14.8 Å².